The molecule has 6 heteroatoms. The molecule has 1 aliphatic heterocycles. The lowest BCUT2D eigenvalue weighted by molar-refractivity contribution is 0.187. The van der Waals surface area contributed by atoms with Gasteiger partial charge < -0.3 is 19.7 Å². The van der Waals surface area contributed by atoms with Crippen molar-refractivity contribution >= 4 is 0 Å². The Morgan fingerprint density at radius 1 is 1.26 bits per heavy atom. The Morgan fingerprint density at radius 2 is 2.05 bits per heavy atom. The van der Waals surface area contributed by atoms with Crippen molar-refractivity contribution in [1.29, 1.82) is 0 Å². The maximum atomic E-state index is 5.93. The van der Waals surface area contributed by atoms with Gasteiger partial charge in [-0.3, -0.25) is 0 Å². The third kappa shape index (κ3) is 2.32. The molecule has 1 saturated heterocycles. The van der Waals surface area contributed by atoms with E-state index in [2.05, 4.69) is 10.1 Å². The van der Waals surface area contributed by atoms with Crippen LogP contribution in [0.3, 0.4) is 0 Å². The van der Waals surface area contributed by atoms with Crippen molar-refractivity contribution in [3.8, 4) is 17.1 Å². The first kappa shape index (κ1) is 12.1. The molecule has 2 heterocycles. The van der Waals surface area contributed by atoms with Crippen LogP contribution in [0, 0.1) is 0 Å². The van der Waals surface area contributed by atoms with Crippen molar-refractivity contribution in [3.63, 3.8) is 0 Å². The molecule has 0 radical (unpaired) electrons. The Hall–Kier alpha value is -1.92. The minimum atomic E-state index is -0.0795. The normalized spacial score (nSPS) is 22.6. The van der Waals surface area contributed by atoms with Gasteiger partial charge in [0.1, 0.15) is 5.75 Å². The number of methoxy groups -OCH3 is 1. The van der Waals surface area contributed by atoms with Gasteiger partial charge in [-0.05, 0) is 24.3 Å². The van der Waals surface area contributed by atoms with Crippen LogP contribution in [0.4, 0.5) is 0 Å². The number of hydrogen-bond acceptors (Lipinski definition) is 6. The topological polar surface area (TPSA) is 83.4 Å². The molecule has 1 aromatic carbocycles. The van der Waals surface area contributed by atoms with Gasteiger partial charge in [0.2, 0.25) is 11.7 Å². The van der Waals surface area contributed by atoms with Crippen LogP contribution in [-0.2, 0) is 4.74 Å². The molecule has 0 saturated carbocycles. The molecular formula is C13H15N3O3. The SMILES string of the molecule is COc1ccc(-c2noc(C3COCC3N)n2)cc1. The second-order valence-corrected chi connectivity index (χ2v) is 4.49. The van der Waals surface area contributed by atoms with Crippen LogP contribution in [-0.4, -0.2) is 36.5 Å². The summed E-state index contributed by atoms with van der Waals surface area (Å²) < 4.78 is 15.7. The monoisotopic (exact) mass is 261 g/mol. The Balaban J connectivity index is 1.83. The van der Waals surface area contributed by atoms with Crippen LogP contribution >= 0.6 is 0 Å². The summed E-state index contributed by atoms with van der Waals surface area (Å²) >= 11 is 0. The minimum Gasteiger partial charge on any atom is -0.497 e. The number of hydrogen-bond donors (Lipinski definition) is 1. The first-order valence-corrected chi connectivity index (χ1v) is 6.09. The molecule has 2 unspecified atom stereocenters. The third-order valence-electron chi connectivity index (χ3n) is 3.23. The summed E-state index contributed by atoms with van der Waals surface area (Å²) in [6.45, 7) is 1.07. The molecule has 1 aromatic heterocycles. The molecule has 100 valence electrons. The number of aromatic nitrogens is 2. The van der Waals surface area contributed by atoms with E-state index in [1.807, 2.05) is 24.3 Å². The lowest BCUT2D eigenvalue weighted by Crippen LogP contribution is -2.26. The average Bonchev–Trinajstić information content (AvgIpc) is 3.07. The average molecular weight is 261 g/mol. The molecule has 2 aromatic rings. The first-order chi connectivity index (χ1) is 9.28. The van der Waals surface area contributed by atoms with Gasteiger partial charge in [-0.2, -0.15) is 4.98 Å². The van der Waals surface area contributed by atoms with Gasteiger partial charge in [-0.1, -0.05) is 5.16 Å². The molecule has 1 aliphatic rings. The number of nitrogens with two attached hydrogens (primary N) is 1. The molecule has 0 bridgehead atoms. The van der Waals surface area contributed by atoms with Gasteiger partial charge in [-0.25, -0.2) is 0 Å². The van der Waals surface area contributed by atoms with Crippen molar-refractivity contribution in [3.05, 3.63) is 30.2 Å². The fourth-order valence-corrected chi connectivity index (χ4v) is 2.07. The van der Waals surface area contributed by atoms with Gasteiger partial charge in [0.05, 0.1) is 26.2 Å². The Morgan fingerprint density at radius 3 is 2.68 bits per heavy atom. The Bertz CT molecular complexity index is 553. The van der Waals surface area contributed by atoms with Gasteiger partial charge >= 0.3 is 0 Å². The standard InChI is InChI=1S/C13H15N3O3/c1-17-9-4-2-8(3-5-9)12-15-13(19-16-12)10-6-18-7-11(10)14/h2-5,10-11H,6-7,14H2,1H3. The van der Waals surface area contributed by atoms with E-state index in [9.17, 15) is 0 Å². The lowest BCUT2D eigenvalue weighted by Gasteiger charge is -2.06. The third-order valence-corrected chi connectivity index (χ3v) is 3.23. The predicted molar refractivity (Wildman–Crippen MR) is 67.8 cm³/mol. The van der Waals surface area contributed by atoms with Gasteiger partial charge in [0.15, 0.2) is 0 Å². The van der Waals surface area contributed by atoms with Crippen molar-refractivity contribution < 1.29 is 14.0 Å². The summed E-state index contributed by atoms with van der Waals surface area (Å²) in [6, 6.07) is 7.41. The summed E-state index contributed by atoms with van der Waals surface area (Å²) in [7, 11) is 1.63. The van der Waals surface area contributed by atoms with Crippen LogP contribution in [0.15, 0.2) is 28.8 Å². The number of nitrogens with zero attached hydrogens (tertiary/aromatic N) is 2. The van der Waals surface area contributed by atoms with E-state index < -0.39 is 0 Å². The Kier molecular flexibility index (Phi) is 3.18. The van der Waals surface area contributed by atoms with E-state index in [1.165, 1.54) is 0 Å². The molecule has 2 atom stereocenters. The maximum absolute atomic E-state index is 5.93. The highest BCUT2D eigenvalue weighted by atomic mass is 16.5. The molecular weight excluding hydrogens is 246 g/mol. The molecule has 0 spiro atoms. The van der Waals surface area contributed by atoms with E-state index >= 15 is 0 Å². The van der Waals surface area contributed by atoms with E-state index in [4.69, 9.17) is 19.7 Å². The molecule has 0 amide bonds. The minimum absolute atomic E-state index is 0.0144. The molecule has 6 nitrogen and oxygen atoms in total. The van der Waals surface area contributed by atoms with Crippen LogP contribution < -0.4 is 10.5 Å². The van der Waals surface area contributed by atoms with E-state index in [-0.39, 0.29) is 12.0 Å². The molecule has 2 N–H and O–H groups in total. The maximum Gasteiger partial charge on any atom is 0.234 e. The zero-order chi connectivity index (χ0) is 13.2. The molecule has 3 rings (SSSR count). The van der Waals surface area contributed by atoms with Crippen molar-refractivity contribution in [2.45, 2.75) is 12.0 Å². The zero-order valence-electron chi connectivity index (χ0n) is 10.6. The van der Waals surface area contributed by atoms with Gasteiger partial charge in [0.25, 0.3) is 0 Å². The van der Waals surface area contributed by atoms with Crippen LogP contribution in [0.1, 0.15) is 11.8 Å². The van der Waals surface area contributed by atoms with Crippen LogP contribution in [0.5, 0.6) is 5.75 Å². The highest BCUT2D eigenvalue weighted by Crippen LogP contribution is 2.26. The summed E-state index contributed by atoms with van der Waals surface area (Å²) in [5.41, 5.74) is 6.81. The smallest absolute Gasteiger partial charge is 0.234 e. The lowest BCUT2D eigenvalue weighted by atomic mass is 10.1. The molecule has 1 fully saturated rings. The zero-order valence-corrected chi connectivity index (χ0v) is 10.6. The van der Waals surface area contributed by atoms with E-state index in [1.54, 1.807) is 7.11 Å². The summed E-state index contributed by atoms with van der Waals surface area (Å²) in [5, 5.41) is 3.98. The van der Waals surface area contributed by atoms with Crippen molar-refractivity contribution in [2.24, 2.45) is 5.73 Å². The fraction of sp³-hybridized carbons (Fsp3) is 0.385. The molecule has 19 heavy (non-hydrogen) atoms. The molecule has 0 aliphatic carbocycles. The first-order valence-electron chi connectivity index (χ1n) is 6.09. The predicted octanol–water partition coefficient (Wildman–Crippen LogP) is 1.19. The second-order valence-electron chi connectivity index (χ2n) is 4.49. The second kappa shape index (κ2) is 4.99. The van der Waals surface area contributed by atoms with Gasteiger partial charge in [0, 0.05) is 11.6 Å². The van der Waals surface area contributed by atoms with Crippen molar-refractivity contribution in [1.82, 2.24) is 10.1 Å². The highest BCUT2D eigenvalue weighted by molar-refractivity contribution is 5.55. The quantitative estimate of drug-likeness (QED) is 0.893. The van der Waals surface area contributed by atoms with Crippen LogP contribution in [0.25, 0.3) is 11.4 Å². The van der Waals surface area contributed by atoms with E-state index in [0.717, 1.165) is 11.3 Å². The van der Waals surface area contributed by atoms with Crippen molar-refractivity contribution in [2.75, 3.05) is 20.3 Å². The van der Waals surface area contributed by atoms with Gasteiger partial charge in [-0.15, -0.1) is 0 Å². The van der Waals surface area contributed by atoms with Crippen LogP contribution in [0.2, 0.25) is 0 Å². The largest absolute Gasteiger partial charge is 0.497 e. The van der Waals surface area contributed by atoms with E-state index in [0.29, 0.717) is 24.9 Å². The summed E-state index contributed by atoms with van der Waals surface area (Å²) in [5.74, 6) is 1.87. The number of ether oxygens (including phenoxy) is 2. The Labute approximate surface area is 110 Å². The fourth-order valence-electron chi connectivity index (χ4n) is 2.07. The number of rotatable bonds is 3. The summed E-state index contributed by atoms with van der Waals surface area (Å²) in [4.78, 5) is 4.39. The highest BCUT2D eigenvalue weighted by Gasteiger charge is 2.31. The summed E-state index contributed by atoms with van der Waals surface area (Å²) in [6.07, 6.45) is 0. The number of benzene rings is 1.